The number of benzene rings is 2. The lowest BCUT2D eigenvalue weighted by Crippen LogP contribution is -2.70. The third-order valence-electron chi connectivity index (χ3n) is 4.80. The number of methoxy groups -OCH3 is 2. The monoisotopic (exact) mass is 474 g/mol. The number of carbonyl (C=O) groups excluding carboxylic acids is 3. The number of ether oxygens (including phenoxy) is 3. The van der Waals surface area contributed by atoms with Gasteiger partial charge in [-0.1, -0.05) is 30.3 Å². The van der Waals surface area contributed by atoms with Crippen LogP contribution in [-0.2, 0) is 20.9 Å². The topological polar surface area (TPSA) is 141 Å². The second-order valence-electron chi connectivity index (χ2n) is 7.06. The van der Waals surface area contributed by atoms with Gasteiger partial charge in [0.15, 0.2) is 11.5 Å². The van der Waals surface area contributed by atoms with E-state index in [1.165, 1.54) is 20.3 Å². The number of rotatable bonds is 9. The number of esters is 1. The second-order valence-corrected chi connectivity index (χ2v) is 8.15. The zero-order valence-electron chi connectivity index (χ0n) is 18.2. The van der Waals surface area contributed by atoms with Crippen LogP contribution in [0, 0.1) is 0 Å². The second kappa shape index (κ2) is 11.5. The zero-order chi connectivity index (χ0) is 23.8. The predicted octanol–water partition coefficient (Wildman–Crippen LogP) is 0.567. The molecule has 0 aliphatic carbocycles. The summed E-state index contributed by atoms with van der Waals surface area (Å²) in [6.45, 7) is 0.175. The van der Waals surface area contributed by atoms with Gasteiger partial charge in [-0.15, -0.1) is 11.8 Å². The standard InChI is InChI=1S/C22H26N4O6S/c1-30-15-9-8-14(10-16(15)31-2)20(28)24-18-19(23)25-22(26-21(18)29)33-12-17(27)32-11-13-6-4-3-5-7-13/h3-10,18-19,22,25H,11-12,23H2,1-2H3,(H,24,28)(H,26,29). The Hall–Kier alpha value is -3.28. The number of carbonyl (C=O) groups is 3. The molecular weight excluding hydrogens is 448 g/mol. The summed E-state index contributed by atoms with van der Waals surface area (Å²) in [7, 11) is 2.95. The lowest BCUT2D eigenvalue weighted by molar-refractivity contribution is -0.141. The minimum Gasteiger partial charge on any atom is -0.493 e. The van der Waals surface area contributed by atoms with E-state index >= 15 is 0 Å². The maximum Gasteiger partial charge on any atom is 0.316 e. The van der Waals surface area contributed by atoms with Gasteiger partial charge in [0.2, 0.25) is 5.91 Å². The van der Waals surface area contributed by atoms with Crippen molar-refractivity contribution in [2.45, 2.75) is 24.3 Å². The van der Waals surface area contributed by atoms with E-state index < -0.39 is 35.5 Å². The van der Waals surface area contributed by atoms with E-state index in [4.69, 9.17) is 19.9 Å². The highest BCUT2D eigenvalue weighted by Crippen LogP contribution is 2.27. The predicted molar refractivity (Wildman–Crippen MR) is 123 cm³/mol. The van der Waals surface area contributed by atoms with Crippen molar-refractivity contribution in [2.24, 2.45) is 5.73 Å². The van der Waals surface area contributed by atoms with E-state index in [-0.39, 0.29) is 17.9 Å². The highest BCUT2D eigenvalue weighted by atomic mass is 32.2. The minimum absolute atomic E-state index is 0.0141. The number of nitrogens with one attached hydrogen (secondary N) is 3. The van der Waals surface area contributed by atoms with Crippen LogP contribution in [0.4, 0.5) is 0 Å². The molecule has 33 heavy (non-hydrogen) atoms. The first-order valence-corrected chi connectivity index (χ1v) is 11.1. The van der Waals surface area contributed by atoms with E-state index in [2.05, 4.69) is 16.0 Å². The van der Waals surface area contributed by atoms with Crippen LogP contribution in [0.2, 0.25) is 0 Å². The molecule has 3 atom stereocenters. The van der Waals surface area contributed by atoms with Crippen molar-refractivity contribution in [1.29, 1.82) is 0 Å². The number of thioether (sulfide) groups is 1. The van der Waals surface area contributed by atoms with Crippen LogP contribution in [0.5, 0.6) is 11.5 Å². The van der Waals surface area contributed by atoms with Crippen molar-refractivity contribution in [2.75, 3.05) is 20.0 Å². The Bertz CT molecular complexity index is 990. The van der Waals surface area contributed by atoms with Gasteiger partial charge in [0.25, 0.3) is 5.91 Å². The number of hydrogen-bond acceptors (Lipinski definition) is 9. The summed E-state index contributed by atoms with van der Waals surface area (Å²) in [5.41, 5.74) is 6.63. The average molecular weight is 475 g/mol. The molecule has 1 aliphatic rings. The molecule has 10 nitrogen and oxygen atoms in total. The summed E-state index contributed by atoms with van der Waals surface area (Å²) in [6, 6.07) is 13.0. The van der Waals surface area contributed by atoms with Crippen molar-refractivity contribution in [1.82, 2.24) is 16.0 Å². The molecule has 176 valence electrons. The molecule has 1 aliphatic heterocycles. The molecule has 1 heterocycles. The third-order valence-corrected chi connectivity index (χ3v) is 5.79. The quantitative estimate of drug-likeness (QED) is 0.384. The fraction of sp³-hybridized carbons (Fsp3) is 0.318. The highest BCUT2D eigenvalue weighted by molar-refractivity contribution is 8.00. The van der Waals surface area contributed by atoms with Crippen molar-refractivity contribution in [3.8, 4) is 11.5 Å². The lowest BCUT2D eigenvalue weighted by Gasteiger charge is -2.35. The fourth-order valence-corrected chi connectivity index (χ4v) is 3.91. The fourth-order valence-electron chi connectivity index (χ4n) is 3.07. The average Bonchev–Trinajstić information content (AvgIpc) is 2.83. The molecule has 2 aromatic rings. The Morgan fingerprint density at radius 2 is 1.82 bits per heavy atom. The van der Waals surface area contributed by atoms with Crippen molar-refractivity contribution in [3.05, 3.63) is 59.7 Å². The largest absolute Gasteiger partial charge is 0.493 e. The Morgan fingerprint density at radius 1 is 1.09 bits per heavy atom. The molecule has 0 saturated carbocycles. The van der Waals surface area contributed by atoms with Gasteiger partial charge < -0.3 is 30.6 Å². The van der Waals surface area contributed by atoms with Crippen molar-refractivity contribution in [3.63, 3.8) is 0 Å². The van der Waals surface area contributed by atoms with Gasteiger partial charge in [-0.25, -0.2) is 0 Å². The van der Waals surface area contributed by atoms with Crippen molar-refractivity contribution >= 4 is 29.5 Å². The molecule has 0 radical (unpaired) electrons. The molecule has 0 spiro atoms. The summed E-state index contributed by atoms with van der Waals surface area (Å²) in [5.74, 6) is -0.506. The van der Waals surface area contributed by atoms with Crippen LogP contribution >= 0.6 is 11.8 Å². The molecule has 1 fully saturated rings. The van der Waals surface area contributed by atoms with Crippen LogP contribution in [0.1, 0.15) is 15.9 Å². The summed E-state index contributed by atoms with van der Waals surface area (Å²) in [6.07, 6.45) is -0.860. The maximum absolute atomic E-state index is 12.6. The van der Waals surface area contributed by atoms with Crippen LogP contribution in [-0.4, -0.2) is 55.5 Å². The van der Waals surface area contributed by atoms with Crippen LogP contribution in [0.25, 0.3) is 0 Å². The minimum atomic E-state index is -1.01. The Balaban J connectivity index is 1.49. The Morgan fingerprint density at radius 3 is 2.48 bits per heavy atom. The molecule has 0 bridgehead atoms. The first-order valence-electron chi connectivity index (χ1n) is 10.1. The first kappa shape index (κ1) is 24.4. The van der Waals surface area contributed by atoms with Crippen molar-refractivity contribution < 1.29 is 28.6 Å². The van der Waals surface area contributed by atoms with Gasteiger partial charge >= 0.3 is 5.97 Å². The normalized spacial score (nSPS) is 19.8. The number of hydrogen-bond donors (Lipinski definition) is 4. The van der Waals surface area contributed by atoms with E-state index in [0.717, 1.165) is 17.3 Å². The van der Waals surface area contributed by atoms with E-state index in [1.54, 1.807) is 12.1 Å². The number of nitrogens with two attached hydrogens (primary N) is 1. The molecule has 3 rings (SSSR count). The summed E-state index contributed by atoms with van der Waals surface area (Å²) >= 11 is 1.13. The van der Waals surface area contributed by atoms with Gasteiger partial charge in [-0.2, -0.15) is 0 Å². The van der Waals surface area contributed by atoms with Gasteiger partial charge in [-0.05, 0) is 23.8 Å². The maximum atomic E-state index is 12.6. The van der Waals surface area contributed by atoms with E-state index in [9.17, 15) is 14.4 Å². The summed E-state index contributed by atoms with van der Waals surface area (Å²) in [5, 5.41) is 8.27. The van der Waals surface area contributed by atoms with E-state index in [1.807, 2.05) is 30.3 Å². The molecule has 11 heteroatoms. The van der Waals surface area contributed by atoms with Gasteiger partial charge in [0.05, 0.1) is 26.1 Å². The summed E-state index contributed by atoms with van der Waals surface area (Å²) in [4.78, 5) is 37.2. The molecule has 5 N–H and O–H groups in total. The molecule has 1 saturated heterocycles. The molecule has 2 amide bonds. The lowest BCUT2D eigenvalue weighted by atomic mass is 10.1. The zero-order valence-corrected chi connectivity index (χ0v) is 19.0. The van der Waals surface area contributed by atoms with Gasteiger partial charge in [0, 0.05) is 5.56 Å². The third kappa shape index (κ3) is 6.60. The molecular formula is C22H26N4O6S. The van der Waals surface area contributed by atoms with Gasteiger partial charge in [0.1, 0.15) is 18.1 Å². The van der Waals surface area contributed by atoms with E-state index in [0.29, 0.717) is 11.5 Å². The van der Waals surface area contributed by atoms with Crippen LogP contribution in [0.3, 0.4) is 0 Å². The molecule has 2 aromatic carbocycles. The number of amides is 2. The molecule has 3 unspecified atom stereocenters. The smallest absolute Gasteiger partial charge is 0.316 e. The summed E-state index contributed by atoms with van der Waals surface area (Å²) < 4.78 is 15.6. The van der Waals surface area contributed by atoms with Crippen LogP contribution < -0.4 is 31.2 Å². The van der Waals surface area contributed by atoms with Gasteiger partial charge in [-0.3, -0.25) is 19.7 Å². The SMILES string of the molecule is COc1ccc(C(=O)NC2C(=O)NC(SCC(=O)OCc3ccccc3)NC2N)cc1OC. The van der Waals surface area contributed by atoms with Crippen LogP contribution in [0.15, 0.2) is 48.5 Å². The Labute approximate surface area is 195 Å². The highest BCUT2D eigenvalue weighted by Gasteiger charge is 2.35. The molecule has 0 aromatic heterocycles. The Kier molecular flexibility index (Phi) is 8.52. The first-order chi connectivity index (χ1) is 15.9.